The molecule has 0 bridgehead atoms. The smallest absolute Gasteiger partial charge is 0.311 e. The van der Waals surface area contributed by atoms with Crippen molar-refractivity contribution in [2.24, 2.45) is 0 Å². The molecule has 2 N–H and O–H groups in total. The summed E-state index contributed by atoms with van der Waals surface area (Å²) in [7, 11) is 4.06. The van der Waals surface area contributed by atoms with Crippen LogP contribution in [0, 0.1) is 0 Å². The first-order chi connectivity index (χ1) is 7.66. The Balaban J connectivity index is 2.28. The Morgan fingerprint density at radius 3 is 3.00 bits per heavy atom. The molecule has 5 nitrogen and oxygen atoms in total. The number of aromatic nitrogens is 2. The molecule has 88 valence electrons. The average Bonchev–Trinajstić information content (AvgIpc) is 2.25. The van der Waals surface area contributed by atoms with Crippen LogP contribution in [0.2, 0.25) is 0 Å². The molecule has 16 heavy (non-hydrogen) atoms. The molecular weight excluding hydrogens is 204 g/mol. The second kappa shape index (κ2) is 4.76. The SMILES string of the molecule is CN(C)CCc1nc(=O)[nH]c2c1CCNC2. The lowest BCUT2D eigenvalue weighted by Crippen LogP contribution is -2.31. The van der Waals surface area contributed by atoms with Crippen LogP contribution in [0.15, 0.2) is 4.79 Å². The van der Waals surface area contributed by atoms with Crippen molar-refractivity contribution in [3.8, 4) is 0 Å². The summed E-state index contributed by atoms with van der Waals surface area (Å²) in [5.41, 5.74) is 2.99. The fraction of sp³-hybridized carbons (Fsp3) is 0.636. The number of aromatic amines is 1. The molecule has 0 radical (unpaired) electrons. The van der Waals surface area contributed by atoms with Crippen LogP contribution in [0.5, 0.6) is 0 Å². The van der Waals surface area contributed by atoms with Crippen LogP contribution in [0.1, 0.15) is 17.0 Å². The minimum atomic E-state index is -0.226. The molecule has 2 rings (SSSR count). The van der Waals surface area contributed by atoms with E-state index in [0.29, 0.717) is 0 Å². The molecule has 0 atom stereocenters. The third-order valence-corrected chi connectivity index (χ3v) is 2.86. The van der Waals surface area contributed by atoms with Gasteiger partial charge in [-0.3, -0.25) is 0 Å². The topological polar surface area (TPSA) is 61.0 Å². The van der Waals surface area contributed by atoms with Crippen molar-refractivity contribution >= 4 is 0 Å². The van der Waals surface area contributed by atoms with Crippen molar-refractivity contribution in [3.05, 3.63) is 27.4 Å². The van der Waals surface area contributed by atoms with Gasteiger partial charge in [-0.25, -0.2) is 4.79 Å². The van der Waals surface area contributed by atoms with Gasteiger partial charge in [0.25, 0.3) is 0 Å². The summed E-state index contributed by atoms with van der Waals surface area (Å²) in [6.07, 6.45) is 1.81. The Morgan fingerprint density at radius 1 is 1.44 bits per heavy atom. The van der Waals surface area contributed by atoms with Crippen LogP contribution < -0.4 is 11.0 Å². The molecular formula is C11H18N4O. The van der Waals surface area contributed by atoms with Crippen LogP contribution >= 0.6 is 0 Å². The highest BCUT2D eigenvalue weighted by molar-refractivity contribution is 5.27. The molecule has 1 aromatic rings. The summed E-state index contributed by atoms with van der Waals surface area (Å²) in [4.78, 5) is 20.4. The molecule has 1 aliphatic rings. The van der Waals surface area contributed by atoms with Gasteiger partial charge in [-0.15, -0.1) is 0 Å². The van der Waals surface area contributed by atoms with Gasteiger partial charge in [0.05, 0.1) is 5.69 Å². The second-order valence-corrected chi connectivity index (χ2v) is 4.43. The number of nitrogens with zero attached hydrogens (tertiary/aromatic N) is 2. The summed E-state index contributed by atoms with van der Waals surface area (Å²) in [6, 6.07) is 0. The van der Waals surface area contributed by atoms with Crippen LogP contribution in [0.4, 0.5) is 0 Å². The quantitative estimate of drug-likeness (QED) is 0.725. The van der Waals surface area contributed by atoms with Crippen molar-refractivity contribution < 1.29 is 0 Å². The summed E-state index contributed by atoms with van der Waals surface area (Å²) in [5.74, 6) is 0. The van der Waals surface area contributed by atoms with E-state index < -0.39 is 0 Å². The zero-order valence-electron chi connectivity index (χ0n) is 9.84. The molecule has 0 saturated carbocycles. The first-order valence-electron chi connectivity index (χ1n) is 5.63. The molecule has 2 heterocycles. The zero-order valence-corrected chi connectivity index (χ0v) is 9.84. The summed E-state index contributed by atoms with van der Waals surface area (Å²) in [6.45, 7) is 2.65. The Kier molecular flexibility index (Phi) is 3.36. The van der Waals surface area contributed by atoms with Crippen molar-refractivity contribution in [1.82, 2.24) is 20.2 Å². The van der Waals surface area contributed by atoms with Gasteiger partial charge in [0, 0.05) is 25.2 Å². The largest absolute Gasteiger partial charge is 0.345 e. The molecule has 0 spiro atoms. The number of fused-ring (bicyclic) bond motifs is 1. The first kappa shape index (κ1) is 11.3. The number of H-pyrrole nitrogens is 1. The molecule has 0 amide bonds. The normalized spacial score (nSPS) is 15.2. The highest BCUT2D eigenvalue weighted by Crippen LogP contribution is 2.13. The molecule has 0 fully saturated rings. The zero-order chi connectivity index (χ0) is 11.5. The predicted molar refractivity (Wildman–Crippen MR) is 62.5 cm³/mol. The number of hydrogen-bond acceptors (Lipinski definition) is 4. The number of rotatable bonds is 3. The molecule has 0 aliphatic carbocycles. The number of hydrogen-bond donors (Lipinski definition) is 2. The summed E-state index contributed by atoms with van der Waals surface area (Å²) < 4.78 is 0. The highest BCUT2D eigenvalue weighted by Gasteiger charge is 2.15. The van der Waals surface area contributed by atoms with Gasteiger partial charge in [-0.1, -0.05) is 0 Å². The van der Waals surface area contributed by atoms with E-state index in [0.717, 1.165) is 43.9 Å². The van der Waals surface area contributed by atoms with Gasteiger partial charge < -0.3 is 15.2 Å². The van der Waals surface area contributed by atoms with Crippen molar-refractivity contribution in [2.45, 2.75) is 19.4 Å². The van der Waals surface area contributed by atoms with Gasteiger partial charge >= 0.3 is 5.69 Å². The summed E-state index contributed by atoms with van der Waals surface area (Å²) >= 11 is 0. The first-order valence-corrected chi connectivity index (χ1v) is 5.63. The molecule has 5 heteroatoms. The monoisotopic (exact) mass is 222 g/mol. The van der Waals surface area contributed by atoms with Gasteiger partial charge in [0.15, 0.2) is 0 Å². The van der Waals surface area contributed by atoms with E-state index >= 15 is 0 Å². The fourth-order valence-electron chi connectivity index (χ4n) is 2.01. The number of nitrogens with one attached hydrogen (secondary N) is 2. The Bertz CT molecular complexity index is 424. The lowest BCUT2D eigenvalue weighted by molar-refractivity contribution is 0.410. The van der Waals surface area contributed by atoms with Crippen LogP contribution in [0.3, 0.4) is 0 Å². The van der Waals surface area contributed by atoms with E-state index in [4.69, 9.17) is 0 Å². The maximum atomic E-state index is 11.4. The van der Waals surface area contributed by atoms with Crippen molar-refractivity contribution in [1.29, 1.82) is 0 Å². The Hall–Kier alpha value is -1.20. The minimum absolute atomic E-state index is 0.226. The lowest BCUT2D eigenvalue weighted by Gasteiger charge is -2.19. The van der Waals surface area contributed by atoms with E-state index in [1.165, 1.54) is 5.56 Å². The van der Waals surface area contributed by atoms with Gasteiger partial charge in [-0.05, 0) is 32.6 Å². The fourth-order valence-corrected chi connectivity index (χ4v) is 2.01. The third kappa shape index (κ3) is 2.48. The standard InChI is InChI=1S/C11H18N4O/c1-15(2)6-4-9-8-3-5-12-7-10(8)14-11(16)13-9/h12H,3-7H2,1-2H3,(H,13,14,16). The molecule has 0 aromatic carbocycles. The van der Waals surface area contributed by atoms with E-state index in [9.17, 15) is 4.79 Å². The maximum Gasteiger partial charge on any atom is 0.345 e. The molecule has 1 aliphatic heterocycles. The molecule has 1 aromatic heterocycles. The highest BCUT2D eigenvalue weighted by atomic mass is 16.1. The molecule has 0 saturated heterocycles. The van der Waals surface area contributed by atoms with E-state index in [1.807, 2.05) is 14.1 Å². The van der Waals surface area contributed by atoms with Crippen LogP contribution in [0.25, 0.3) is 0 Å². The van der Waals surface area contributed by atoms with E-state index in [-0.39, 0.29) is 5.69 Å². The predicted octanol–water partition coefficient (Wildman–Crippen LogP) is -0.480. The van der Waals surface area contributed by atoms with Crippen LogP contribution in [-0.4, -0.2) is 42.1 Å². The third-order valence-electron chi connectivity index (χ3n) is 2.86. The van der Waals surface area contributed by atoms with Gasteiger partial charge in [0.1, 0.15) is 0 Å². The summed E-state index contributed by atoms with van der Waals surface area (Å²) in [5, 5.41) is 3.25. The minimum Gasteiger partial charge on any atom is -0.311 e. The Labute approximate surface area is 94.9 Å². The molecule has 0 unspecified atom stereocenters. The van der Waals surface area contributed by atoms with E-state index in [1.54, 1.807) is 0 Å². The second-order valence-electron chi connectivity index (χ2n) is 4.43. The maximum absolute atomic E-state index is 11.4. The van der Waals surface area contributed by atoms with Crippen molar-refractivity contribution in [3.63, 3.8) is 0 Å². The lowest BCUT2D eigenvalue weighted by atomic mass is 10.0. The van der Waals surface area contributed by atoms with Crippen LogP contribution in [-0.2, 0) is 19.4 Å². The van der Waals surface area contributed by atoms with E-state index in [2.05, 4.69) is 20.2 Å². The Morgan fingerprint density at radius 2 is 2.25 bits per heavy atom. The average molecular weight is 222 g/mol. The van der Waals surface area contributed by atoms with Gasteiger partial charge in [-0.2, -0.15) is 4.98 Å². The van der Waals surface area contributed by atoms with Crippen molar-refractivity contribution in [2.75, 3.05) is 27.2 Å². The number of likely N-dealkylation sites (N-methyl/N-ethyl adjacent to an activating group) is 1. The van der Waals surface area contributed by atoms with Gasteiger partial charge in [0.2, 0.25) is 0 Å².